The van der Waals surface area contributed by atoms with Gasteiger partial charge >= 0.3 is 0 Å². The van der Waals surface area contributed by atoms with E-state index in [-0.39, 0.29) is 0 Å². The first-order valence-corrected chi connectivity index (χ1v) is 7.92. The van der Waals surface area contributed by atoms with Crippen LogP contribution < -0.4 is 5.32 Å². The van der Waals surface area contributed by atoms with Gasteiger partial charge in [0, 0.05) is 15.8 Å². The van der Waals surface area contributed by atoms with Gasteiger partial charge in [0.15, 0.2) is 0 Å². The smallest absolute Gasteiger partial charge is 0.0455 e. The summed E-state index contributed by atoms with van der Waals surface area (Å²) in [5, 5.41) is 8.00. The van der Waals surface area contributed by atoms with Crippen LogP contribution in [-0.4, -0.2) is 6.54 Å². The lowest BCUT2D eigenvalue weighted by Crippen LogP contribution is -2.21. The van der Waals surface area contributed by atoms with Crippen LogP contribution in [0.5, 0.6) is 0 Å². The summed E-state index contributed by atoms with van der Waals surface area (Å²) in [5.41, 5.74) is 1.44. The Labute approximate surface area is 112 Å². The molecule has 0 aliphatic heterocycles. The van der Waals surface area contributed by atoms with E-state index in [2.05, 4.69) is 48.1 Å². The first kappa shape index (κ1) is 12.8. The predicted molar refractivity (Wildman–Crippen MR) is 78.1 cm³/mol. The lowest BCUT2D eigenvalue weighted by atomic mass is 10.1. The molecule has 0 saturated carbocycles. The first-order valence-electron chi connectivity index (χ1n) is 6.16. The third-order valence-electron chi connectivity index (χ3n) is 2.84. The van der Waals surface area contributed by atoms with Crippen molar-refractivity contribution >= 4 is 22.7 Å². The Morgan fingerprint density at radius 2 is 2.12 bits per heavy atom. The molecule has 0 amide bonds. The van der Waals surface area contributed by atoms with Crippen LogP contribution in [0.1, 0.15) is 35.2 Å². The molecule has 0 saturated heterocycles. The molecule has 1 atom stereocenters. The highest BCUT2D eigenvalue weighted by Gasteiger charge is 2.13. The molecule has 1 nitrogen and oxygen atoms in total. The highest BCUT2D eigenvalue weighted by atomic mass is 32.1. The zero-order valence-electron chi connectivity index (χ0n) is 10.4. The van der Waals surface area contributed by atoms with Gasteiger partial charge in [0.1, 0.15) is 0 Å². The van der Waals surface area contributed by atoms with Crippen molar-refractivity contribution in [3.8, 4) is 0 Å². The van der Waals surface area contributed by atoms with Crippen molar-refractivity contribution < 1.29 is 0 Å². The van der Waals surface area contributed by atoms with E-state index < -0.39 is 0 Å². The van der Waals surface area contributed by atoms with E-state index in [0.29, 0.717) is 6.04 Å². The third kappa shape index (κ3) is 3.41. The summed E-state index contributed by atoms with van der Waals surface area (Å²) in [5.74, 6) is 0. The van der Waals surface area contributed by atoms with Crippen molar-refractivity contribution in [3.63, 3.8) is 0 Å². The maximum Gasteiger partial charge on any atom is 0.0455 e. The molecule has 92 valence electrons. The Balaban J connectivity index is 2.10. The first-order chi connectivity index (χ1) is 8.33. The second kappa shape index (κ2) is 6.34. The minimum Gasteiger partial charge on any atom is -0.309 e. The van der Waals surface area contributed by atoms with Gasteiger partial charge in [0.25, 0.3) is 0 Å². The van der Waals surface area contributed by atoms with Crippen molar-refractivity contribution in [1.29, 1.82) is 0 Å². The number of hydrogen-bond donors (Lipinski definition) is 1. The number of hydrogen-bond acceptors (Lipinski definition) is 3. The molecule has 1 N–H and O–H groups in total. The lowest BCUT2D eigenvalue weighted by Gasteiger charge is -2.15. The van der Waals surface area contributed by atoms with Crippen LogP contribution in [0, 0.1) is 0 Å². The van der Waals surface area contributed by atoms with Gasteiger partial charge < -0.3 is 5.32 Å². The highest BCUT2D eigenvalue weighted by Crippen LogP contribution is 2.27. The van der Waals surface area contributed by atoms with Gasteiger partial charge in [0.2, 0.25) is 0 Å². The monoisotopic (exact) mass is 265 g/mol. The Morgan fingerprint density at radius 1 is 1.24 bits per heavy atom. The Hall–Kier alpha value is -0.640. The molecule has 17 heavy (non-hydrogen) atoms. The number of thiophene rings is 2. The zero-order valence-corrected chi connectivity index (χ0v) is 12.0. The van der Waals surface area contributed by atoms with E-state index in [0.717, 1.165) is 19.4 Å². The number of aryl methyl sites for hydroxylation is 1. The quantitative estimate of drug-likeness (QED) is 0.822. The molecule has 2 heterocycles. The van der Waals surface area contributed by atoms with E-state index >= 15 is 0 Å². The SMILES string of the molecule is CCNC(Cc1ccsc1)c1ccc(CC)s1. The molecule has 2 rings (SSSR count). The highest BCUT2D eigenvalue weighted by molar-refractivity contribution is 7.12. The topological polar surface area (TPSA) is 12.0 Å². The molecule has 1 unspecified atom stereocenters. The van der Waals surface area contributed by atoms with Crippen LogP contribution >= 0.6 is 22.7 Å². The molecule has 3 heteroatoms. The molecule has 0 spiro atoms. The second-order valence-electron chi connectivity index (χ2n) is 4.10. The summed E-state index contributed by atoms with van der Waals surface area (Å²) in [4.78, 5) is 2.95. The van der Waals surface area contributed by atoms with Gasteiger partial charge in [-0.05, 0) is 53.9 Å². The van der Waals surface area contributed by atoms with Gasteiger partial charge in [-0.1, -0.05) is 13.8 Å². The van der Waals surface area contributed by atoms with Gasteiger partial charge in [-0.3, -0.25) is 0 Å². The lowest BCUT2D eigenvalue weighted by molar-refractivity contribution is 0.559. The molecular formula is C14H19NS2. The molecule has 0 fully saturated rings. The molecule has 0 aliphatic rings. The van der Waals surface area contributed by atoms with Gasteiger partial charge in [0.05, 0.1) is 0 Å². The van der Waals surface area contributed by atoms with Crippen LogP contribution in [0.2, 0.25) is 0 Å². The summed E-state index contributed by atoms with van der Waals surface area (Å²) in [7, 11) is 0. The van der Waals surface area contributed by atoms with Gasteiger partial charge in [-0.2, -0.15) is 11.3 Å². The van der Waals surface area contributed by atoms with Crippen molar-refractivity contribution in [2.24, 2.45) is 0 Å². The number of nitrogens with one attached hydrogen (secondary N) is 1. The van der Waals surface area contributed by atoms with Crippen molar-refractivity contribution in [2.45, 2.75) is 32.7 Å². The average molecular weight is 265 g/mol. The molecular weight excluding hydrogens is 246 g/mol. The van der Waals surface area contributed by atoms with Crippen molar-refractivity contribution in [3.05, 3.63) is 44.3 Å². The molecule has 2 aromatic rings. The van der Waals surface area contributed by atoms with Crippen LogP contribution in [-0.2, 0) is 12.8 Å². The molecule has 0 aliphatic carbocycles. The molecule has 2 aromatic heterocycles. The van der Waals surface area contributed by atoms with Crippen LogP contribution in [0.15, 0.2) is 29.0 Å². The fourth-order valence-corrected chi connectivity index (χ4v) is 3.65. The van der Waals surface area contributed by atoms with E-state index in [1.54, 1.807) is 11.3 Å². The Kier molecular flexibility index (Phi) is 4.77. The Morgan fingerprint density at radius 3 is 2.71 bits per heavy atom. The average Bonchev–Trinajstić information content (AvgIpc) is 2.99. The summed E-state index contributed by atoms with van der Waals surface area (Å²) in [6.07, 6.45) is 2.24. The summed E-state index contributed by atoms with van der Waals surface area (Å²) in [6.45, 7) is 5.42. The molecule has 0 aromatic carbocycles. The fourth-order valence-electron chi connectivity index (χ4n) is 1.94. The summed E-state index contributed by atoms with van der Waals surface area (Å²) < 4.78 is 0. The summed E-state index contributed by atoms with van der Waals surface area (Å²) >= 11 is 3.72. The zero-order chi connectivity index (χ0) is 12.1. The summed E-state index contributed by atoms with van der Waals surface area (Å²) in [6, 6.07) is 7.24. The van der Waals surface area contributed by atoms with Crippen LogP contribution in [0.25, 0.3) is 0 Å². The maximum absolute atomic E-state index is 3.59. The Bertz CT molecular complexity index is 431. The molecule has 0 bridgehead atoms. The van der Waals surface area contributed by atoms with Crippen molar-refractivity contribution in [1.82, 2.24) is 5.32 Å². The minimum atomic E-state index is 0.472. The van der Waals surface area contributed by atoms with Crippen LogP contribution in [0.3, 0.4) is 0 Å². The molecule has 0 radical (unpaired) electrons. The fraction of sp³-hybridized carbons (Fsp3) is 0.429. The maximum atomic E-state index is 3.59. The van der Waals surface area contributed by atoms with E-state index in [1.165, 1.54) is 15.3 Å². The number of rotatable bonds is 6. The van der Waals surface area contributed by atoms with Crippen LogP contribution in [0.4, 0.5) is 0 Å². The van der Waals surface area contributed by atoms with E-state index in [9.17, 15) is 0 Å². The van der Waals surface area contributed by atoms with Gasteiger partial charge in [-0.15, -0.1) is 11.3 Å². The van der Waals surface area contributed by atoms with E-state index in [4.69, 9.17) is 0 Å². The minimum absolute atomic E-state index is 0.472. The standard InChI is InChI=1S/C14H19NS2/c1-3-12-5-6-14(17-12)13(15-4-2)9-11-7-8-16-10-11/h5-8,10,13,15H,3-4,9H2,1-2H3. The second-order valence-corrected chi connectivity index (χ2v) is 6.08. The largest absolute Gasteiger partial charge is 0.309 e. The normalized spacial score (nSPS) is 12.8. The third-order valence-corrected chi connectivity index (χ3v) is 4.92. The predicted octanol–water partition coefficient (Wildman–Crippen LogP) is 4.27. The van der Waals surface area contributed by atoms with Crippen molar-refractivity contribution in [2.75, 3.05) is 6.54 Å². The number of likely N-dealkylation sites (N-methyl/N-ethyl adjacent to an activating group) is 1. The van der Waals surface area contributed by atoms with E-state index in [1.807, 2.05) is 11.3 Å². The van der Waals surface area contributed by atoms with Gasteiger partial charge in [-0.25, -0.2) is 0 Å².